The van der Waals surface area contributed by atoms with Gasteiger partial charge in [-0.1, -0.05) is 49.2 Å². The van der Waals surface area contributed by atoms with E-state index in [-0.39, 0.29) is 0 Å². The number of hydrogen-bond donors (Lipinski definition) is 1. The van der Waals surface area contributed by atoms with Crippen molar-refractivity contribution in [2.75, 3.05) is 5.32 Å². The van der Waals surface area contributed by atoms with Crippen LogP contribution < -0.4 is 5.32 Å². The molecule has 100 valence electrons. The second-order valence-corrected chi connectivity index (χ2v) is 5.27. The largest absolute Gasteiger partial charge is 0.381 e. The smallest absolute Gasteiger partial charge is 0.0408 e. The Morgan fingerprint density at radius 2 is 1.84 bits per heavy atom. The fraction of sp³-hybridized carbons (Fsp3) is 0.294. The molecule has 0 unspecified atom stereocenters. The molecule has 2 aromatic carbocycles. The summed E-state index contributed by atoms with van der Waals surface area (Å²) in [5, 5.41) is 4.33. The Balaban J connectivity index is 2.10. The highest BCUT2D eigenvalue weighted by atomic mass is 35.5. The zero-order valence-corrected chi connectivity index (χ0v) is 12.3. The fourth-order valence-electron chi connectivity index (χ4n) is 2.23. The topological polar surface area (TPSA) is 12.0 Å². The Bertz CT molecular complexity index is 549. The van der Waals surface area contributed by atoms with Gasteiger partial charge in [0.05, 0.1) is 0 Å². The van der Waals surface area contributed by atoms with Crippen LogP contribution in [0.15, 0.2) is 42.5 Å². The number of anilines is 1. The van der Waals surface area contributed by atoms with E-state index < -0.39 is 0 Å². The third kappa shape index (κ3) is 3.74. The molecule has 0 aromatic heterocycles. The zero-order valence-electron chi connectivity index (χ0n) is 11.5. The van der Waals surface area contributed by atoms with Crippen molar-refractivity contribution in [3.63, 3.8) is 0 Å². The van der Waals surface area contributed by atoms with Crippen LogP contribution in [0.4, 0.5) is 5.69 Å². The van der Waals surface area contributed by atoms with Crippen LogP contribution >= 0.6 is 11.6 Å². The van der Waals surface area contributed by atoms with Gasteiger partial charge >= 0.3 is 0 Å². The quantitative estimate of drug-likeness (QED) is 0.788. The molecule has 1 N–H and O–H groups in total. The number of rotatable bonds is 5. The van der Waals surface area contributed by atoms with Crippen LogP contribution in [0.25, 0.3) is 0 Å². The standard InChI is InChI=1S/C17H20ClN/c1-3-6-14-7-4-5-8-17(14)19-12-15-9-10-16(18)11-13(15)2/h4-5,7-11,19H,3,6,12H2,1-2H3. The predicted octanol–water partition coefficient (Wildman–Crippen LogP) is 5.21. The summed E-state index contributed by atoms with van der Waals surface area (Å²) in [6.45, 7) is 5.14. The maximum atomic E-state index is 5.98. The molecule has 0 heterocycles. The summed E-state index contributed by atoms with van der Waals surface area (Å²) in [6.07, 6.45) is 2.28. The number of hydrogen-bond acceptors (Lipinski definition) is 1. The first-order valence-corrected chi connectivity index (χ1v) is 7.15. The lowest BCUT2D eigenvalue weighted by Gasteiger charge is -2.13. The van der Waals surface area contributed by atoms with E-state index in [4.69, 9.17) is 11.6 Å². The molecular weight excluding hydrogens is 254 g/mol. The van der Waals surface area contributed by atoms with E-state index in [0.717, 1.165) is 18.0 Å². The van der Waals surface area contributed by atoms with Crippen LogP contribution in [0.3, 0.4) is 0 Å². The van der Waals surface area contributed by atoms with E-state index in [1.54, 1.807) is 0 Å². The first-order valence-electron chi connectivity index (χ1n) is 6.77. The molecule has 0 aliphatic heterocycles. The molecule has 0 saturated heterocycles. The van der Waals surface area contributed by atoms with E-state index >= 15 is 0 Å². The van der Waals surface area contributed by atoms with Crippen molar-refractivity contribution in [1.82, 2.24) is 0 Å². The maximum Gasteiger partial charge on any atom is 0.0408 e. The first-order chi connectivity index (χ1) is 9.20. The molecule has 0 aliphatic carbocycles. The normalized spacial score (nSPS) is 10.5. The number of para-hydroxylation sites is 1. The molecule has 0 aliphatic rings. The predicted molar refractivity (Wildman–Crippen MR) is 84.0 cm³/mol. The molecule has 1 nitrogen and oxygen atoms in total. The summed E-state index contributed by atoms with van der Waals surface area (Å²) >= 11 is 5.98. The molecule has 0 amide bonds. The summed E-state index contributed by atoms with van der Waals surface area (Å²) in [4.78, 5) is 0. The Morgan fingerprint density at radius 3 is 2.58 bits per heavy atom. The van der Waals surface area contributed by atoms with Crippen molar-refractivity contribution in [3.8, 4) is 0 Å². The second kappa shape index (κ2) is 6.63. The van der Waals surface area contributed by atoms with Crippen molar-refractivity contribution in [1.29, 1.82) is 0 Å². The molecule has 2 heteroatoms. The Labute approximate surface area is 120 Å². The van der Waals surface area contributed by atoms with Crippen LogP contribution in [0, 0.1) is 6.92 Å². The van der Waals surface area contributed by atoms with Crippen LogP contribution in [-0.2, 0) is 13.0 Å². The maximum absolute atomic E-state index is 5.98. The number of benzene rings is 2. The van der Waals surface area contributed by atoms with Crippen molar-refractivity contribution < 1.29 is 0 Å². The van der Waals surface area contributed by atoms with Gasteiger partial charge in [0, 0.05) is 17.3 Å². The van der Waals surface area contributed by atoms with Gasteiger partial charge in [0.25, 0.3) is 0 Å². The van der Waals surface area contributed by atoms with Gasteiger partial charge in [-0.05, 0) is 48.2 Å². The van der Waals surface area contributed by atoms with Gasteiger partial charge in [-0.2, -0.15) is 0 Å². The van der Waals surface area contributed by atoms with Crippen molar-refractivity contribution in [2.45, 2.75) is 33.2 Å². The Kier molecular flexibility index (Phi) is 4.86. The molecule has 0 radical (unpaired) electrons. The molecule has 2 aromatic rings. The average molecular weight is 274 g/mol. The van der Waals surface area contributed by atoms with Crippen molar-refractivity contribution in [3.05, 3.63) is 64.2 Å². The van der Waals surface area contributed by atoms with Crippen LogP contribution in [0.1, 0.15) is 30.0 Å². The monoisotopic (exact) mass is 273 g/mol. The SMILES string of the molecule is CCCc1ccccc1NCc1ccc(Cl)cc1C. The highest BCUT2D eigenvalue weighted by molar-refractivity contribution is 6.30. The minimum Gasteiger partial charge on any atom is -0.381 e. The molecule has 19 heavy (non-hydrogen) atoms. The lowest BCUT2D eigenvalue weighted by Crippen LogP contribution is -2.03. The van der Waals surface area contributed by atoms with Gasteiger partial charge in [-0.3, -0.25) is 0 Å². The second-order valence-electron chi connectivity index (χ2n) is 4.83. The lowest BCUT2D eigenvalue weighted by molar-refractivity contribution is 0.919. The highest BCUT2D eigenvalue weighted by Crippen LogP contribution is 2.20. The molecule has 0 saturated carbocycles. The van der Waals surface area contributed by atoms with E-state index in [0.29, 0.717) is 0 Å². The number of nitrogens with one attached hydrogen (secondary N) is 1. The lowest BCUT2D eigenvalue weighted by atomic mass is 10.1. The van der Waals surface area contributed by atoms with Gasteiger partial charge in [0.15, 0.2) is 0 Å². The third-order valence-corrected chi connectivity index (χ3v) is 3.55. The van der Waals surface area contributed by atoms with Gasteiger partial charge in [0.1, 0.15) is 0 Å². The summed E-state index contributed by atoms with van der Waals surface area (Å²) in [5.74, 6) is 0. The molecule has 0 atom stereocenters. The molecule has 0 spiro atoms. The van der Waals surface area contributed by atoms with Crippen molar-refractivity contribution in [2.24, 2.45) is 0 Å². The van der Waals surface area contributed by atoms with Crippen LogP contribution in [-0.4, -0.2) is 0 Å². The minimum absolute atomic E-state index is 0.799. The Hall–Kier alpha value is -1.47. The molecule has 0 fully saturated rings. The zero-order chi connectivity index (χ0) is 13.7. The third-order valence-electron chi connectivity index (χ3n) is 3.31. The van der Waals surface area contributed by atoms with Crippen LogP contribution in [0.5, 0.6) is 0 Å². The van der Waals surface area contributed by atoms with Gasteiger partial charge < -0.3 is 5.32 Å². The summed E-state index contributed by atoms with van der Waals surface area (Å²) in [6, 6.07) is 14.6. The average Bonchev–Trinajstić information content (AvgIpc) is 2.40. The Morgan fingerprint density at radius 1 is 1.05 bits per heavy atom. The summed E-state index contributed by atoms with van der Waals surface area (Å²) < 4.78 is 0. The summed E-state index contributed by atoms with van der Waals surface area (Å²) in [7, 11) is 0. The van der Waals surface area contributed by atoms with Crippen LogP contribution in [0.2, 0.25) is 5.02 Å². The van der Waals surface area contributed by atoms with E-state index in [1.165, 1.54) is 28.8 Å². The molecule has 2 rings (SSSR count). The van der Waals surface area contributed by atoms with Gasteiger partial charge in [-0.25, -0.2) is 0 Å². The molecular formula is C17H20ClN. The first kappa shape index (κ1) is 14.0. The van der Waals surface area contributed by atoms with E-state index in [2.05, 4.69) is 49.5 Å². The fourth-order valence-corrected chi connectivity index (χ4v) is 2.45. The summed E-state index contributed by atoms with van der Waals surface area (Å²) in [5.41, 5.74) is 5.14. The highest BCUT2D eigenvalue weighted by Gasteiger charge is 2.02. The van der Waals surface area contributed by atoms with Gasteiger partial charge in [0.2, 0.25) is 0 Å². The van der Waals surface area contributed by atoms with Gasteiger partial charge in [-0.15, -0.1) is 0 Å². The molecule has 0 bridgehead atoms. The van der Waals surface area contributed by atoms with E-state index in [9.17, 15) is 0 Å². The number of halogens is 1. The van der Waals surface area contributed by atoms with E-state index in [1.807, 2.05) is 12.1 Å². The minimum atomic E-state index is 0.799. The van der Waals surface area contributed by atoms with Crippen molar-refractivity contribution >= 4 is 17.3 Å². The number of aryl methyl sites for hydroxylation is 2.